The first-order valence-electron chi connectivity index (χ1n) is 9.89. The van der Waals surface area contributed by atoms with E-state index >= 15 is 0 Å². The molecule has 0 heterocycles. The summed E-state index contributed by atoms with van der Waals surface area (Å²) in [7, 11) is 3.05. The lowest BCUT2D eigenvalue weighted by Crippen LogP contribution is -2.31. The van der Waals surface area contributed by atoms with Gasteiger partial charge in [-0.3, -0.25) is 4.79 Å². The maximum atomic E-state index is 11.9. The Bertz CT molecular complexity index is 1040. The molecule has 8 heteroatoms. The number of anilines is 1. The van der Waals surface area contributed by atoms with E-state index in [1.807, 2.05) is 31.3 Å². The standard InChI is InChI=1S/C24H28N2O6/c1-15(2)5-9-19-17(12-18(27)13-21(19)31-3)8-6-16-7-10-20(22(11-16)32-4)26-23(28)14-25-24(29)30/h5-8,10-13,25,27H,9,14H2,1-4H3,(H,26,28)(H,29,30). The number of rotatable bonds is 9. The molecule has 4 N–H and O–H groups in total. The maximum absolute atomic E-state index is 11.9. The van der Waals surface area contributed by atoms with Gasteiger partial charge in [-0.15, -0.1) is 0 Å². The SMILES string of the molecule is COc1cc(C=Cc2cc(O)cc(OC)c2CC=C(C)C)ccc1NC(=O)CNC(=O)O. The van der Waals surface area contributed by atoms with Gasteiger partial charge >= 0.3 is 6.09 Å². The average Bonchev–Trinajstić information content (AvgIpc) is 2.75. The Morgan fingerprint density at radius 3 is 2.38 bits per heavy atom. The molecule has 0 fully saturated rings. The van der Waals surface area contributed by atoms with Crippen LogP contribution in [-0.2, 0) is 11.2 Å². The number of carbonyl (C=O) groups excluding carboxylic acids is 1. The van der Waals surface area contributed by atoms with E-state index < -0.39 is 12.0 Å². The summed E-state index contributed by atoms with van der Waals surface area (Å²) in [6, 6.07) is 8.46. The van der Waals surface area contributed by atoms with Crippen molar-refractivity contribution in [3.8, 4) is 17.2 Å². The molecule has 0 saturated carbocycles. The van der Waals surface area contributed by atoms with Crippen molar-refractivity contribution in [1.29, 1.82) is 0 Å². The molecule has 0 bridgehead atoms. The first kappa shape index (κ1) is 24.3. The number of nitrogens with one attached hydrogen (secondary N) is 2. The van der Waals surface area contributed by atoms with Crippen LogP contribution in [0.4, 0.5) is 10.5 Å². The first-order valence-corrected chi connectivity index (χ1v) is 9.89. The molecular formula is C24H28N2O6. The molecule has 2 aromatic rings. The minimum absolute atomic E-state index is 0.105. The van der Waals surface area contributed by atoms with Gasteiger partial charge in [-0.2, -0.15) is 0 Å². The lowest BCUT2D eigenvalue weighted by atomic mass is 10.00. The minimum atomic E-state index is -1.28. The Kier molecular flexibility index (Phi) is 8.71. The van der Waals surface area contributed by atoms with E-state index in [2.05, 4.69) is 11.4 Å². The molecule has 2 rings (SSSR count). The van der Waals surface area contributed by atoms with Crippen LogP contribution in [0.2, 0.25) is 0 Å². The highest BCUT2D eigenvalue weighted by molar-refractivity contribution is 5.95. The minimum Gasteiger partial charge on any atom is -0.508 e. The lowest BCUT2D eigenvalue weighted by molar-refractivity contribution is -0.115. The summed E-state index contributed by atoms with van der Waals surface area (Å²) in [5.74, 6) is 0.625. The topological polar surface area (TPSA) is 117 Å². The van der Waals surface area contributed by atoms with Gasteiger partial charge in [0.05, 0.1) is 19.9 Å². The van der Waals surface area contributed by atoms with Gasteiger partial charge in [0, 0.05) is 11.6 Å². The summed E-state index contributed by atoms with van der Waals surface area (Å²) in [4.78, 5) is 22.4. The number of benzene rings is 2. The van der Waals surface area contributed by atoms with E-state index in [0.717, 1.165) is 16.7 Å². The quantitative estimate of drug-likeness (QED) is 0.341. The molecule has 0 aromatic heterocycles. The second kappa shape index (κ2) is 11.5. The van der Waals surface area contributed by atoms with E-state index in [1.54, 1.807) is 37.4 Å². The van der Waals surface area contributed by atoms with Gasteiger partial charge in [0.1, 0.15) is 23.8 Å². The highest BCUT2D eigenvalue weighted by Gasteiger charge is 2.11. The van der Waals surface area contributed by atoms with Gasteiger partial charge in [0.15, 0.2) is 0 Å². The summed E-state index contributed by atoms with van der Waals surface area (Å²) in [6.45, 7) is 3.67. The zero-order valence-corrected chi connectivity index (χ0v) is 18.6. The fourth-order valence-corrected chi connectivity index (χ4v) is 2.96. The normalized spacial score (nSPS) is 10.5. The van der Waals surface area contributed by atoms with E-state index in [1.165, 1.54) is 12.7 Å². The number of carboxylic acid groups (broad SMARTS) is 1. The highest BCUT2D eigenvalue weighted by atomic mass is 16.5. The third-order valence-electron chi connectivity index (χ3n) is 4.52. The van der Waals surface area contributed by atoms with Gasteiger partial charge in [-0.05, 0) is 49.6 Å². The second-order valence-electron chi connectivity index (χ2n) is 7.20. The van der Waals surface area contributed by atoms with Crippen LogP contribution in [0.1, 0.15) is 30.5 Å². The molecular weight excluding hydrogens is 412 g/mol. The smallest absolute Gasteiger partial charge is 0.405 e. The lowest BCUT2D eigenvalue weighted by Gasteiger charge is -2.12. The Morgan fingerprint density at radius 2 is 1.75 bits per heavy atom. The second-order valence-corrected chi connectivity index (χ2v) is 7.20. The molecule has 0 unspecified atom stereocenters. The molecule has 2 amide bonds. The first-order chi connectivity index (χ1) is 15.2. The summed E-state index contributed by atoms with van der Waals surface area (Å²) in [5, 5.41) is 23.3. The summed E-state index contributed by atoms with van der Waals surface area (Å²) in [6.07, 6.45) is 5.21. The molecule has 0 aliphatic carbocycles. The summed E-state index contributed by atoms with van der Waals surface area (Å²) < 4.78 is 10.8. The van der Waals surface area contributed by atoms with Crippen molar-refractivity contribution in [3.63, 3.8) is 0 Å². The van der Waals surface area contributed by atoms with Crippen molar-refractivity contribution >= 4 is 29.8 Å². The number of phenolic OH excluding ortho intramolecular Hbond substituents is 1. The highest BCUT2D eigenvalue weighted by Crippen LogP contribution is 2.31. The fraction of sp³-hybridized carbons (Fsp3) is 0.250. The Morgan fingerprint density at radius 1 is 1.03 bits per heavy atom. The molecule has 0 aliphatic rings. The van der Waals surface area contributed by atoms with Crippen molar-refractivity contribution < 1.29 is 29.3 Å². The van der Waals surface area contributed by atoms with Crippen molar-refractivity contribution in [2.24, 2.45) is 0 Å². The van der Waals surface area contributed by atoms with Gasteiger partial charge in [0.25, 0.3) is 0 Å². The van der Waals surface area contributed by atoms with E-state index in [0.29, 0.717) is 23.6 Å². The Hall–Kier alpha value is -3.94. The molecule has 0 spiro atoms. The van der Waals surface area contributed by atoms with Crippen molar-refractivity contribution in [3.05, 3.63) is 58.7 Å². The van der Waals surface area contributed by atoms with Crippen LogP contribution < -0.4 is 20.1 Å². The largest absolute Gasteiger partial charge is 0.508 e. The number of phenols is 1. The van der Waals surface area contributed by atoms with Gasteiger partial charge in [-0.1, -0.05) is 29.9 Å². The Labute approximate surface area is 187 Å². The number of allylic oxidation sites excluding steroid dienone is 2. The average molecular weight is 440 g/mol. The molecule has 0 saturated heterocycles. The van der Waals surface area contributed by atoms with Gasteiger partial charge in [-0.25, -0.2) is 4.79 Å². The number of carbonyl (C=O) groups is 2. The number of ether oxygens (including phenoxy) is 2. The molecule has 0 radical (unpaired) electrons. The number of amides is 2. The molecule has 0 aliphatic heterocycles. The van der Waals surface area contributed by atoms with E-state index in [4.69, 9.17) is 14.6 Å². The zero-order chi connectivity index (χ0) is 23.7. The number of hydrogen-bond donors (Lipinski definition) is 4. The molecule has 170 valence electrons. The third-order valence-corrected chi connectivity index (χ3v) is 4.52. The summed E-state index contributed by atoms with van der Waals surface area (Å²) in [5.41, 5.74) is 4.17. The van der Waals surface area contributed by atoms with Crippen LogP contribution in [0, 0.1) is 0 Å². The molecule has 8 nitrogen and oxygen atoms in total. The fourth-order valence-electron chi connectivity index (χ4n) is 2.96. The number of methoxy groups -OCH3 is 2. The van der Waals surface area contributed by atoms with Crippen LogP contribution >= 0.6 is 0 Å². The van der Waals surface area contributed by atoms with Crippen molar-refractivity contribution in [2.75, 3.05) is 26.1 Å². The van der Waals surface area contributed by atoms with Crippen LogP contribution in [0.15, 0.2) is 42.0 Å². The van der Waals surface area contributed by atoms with E-state index in [9.17, 15) is 14.7 Å². The Balaban J connectivity index is 2.30. The molecule has 0 atom stereocenters. The third kappa shape index (κ3) is 7.09. The molecule has 32 heavy (non-hydrogen) atoms. The van der Waals surface area contributed by atoms with Crippen LogP contribution in [0.3, 0.4) is 0 Å². The van der Waals surface area contributed by atoms with Gasteiger partial charge in [0.2, 0.25) is 5.91 Å². The van der Waals surface area contributed by atoms with Crippen molar-refractivity contribution in [1.82, 2.24) is 5.32 Å². The number of hydrogen-bond acceptors (Lipinski definition) is 5. The zero-order valence-electron chi connectivity index (χ0n) is 18.6. The predicted molar refractivity (Wildman–Crippen MR) is 124 cm³/mol. The van der Waals surface area contributed by atoms with Crippen LogP contribution in [0.25, 0.3) is 12.2 Å². The number of aromatic hydroxyl groups is 1. The van der Waals surface area contributed by atoms with Crippen molar-refractivity contribution in [2.45, 2.75) is 20.3 Å². The summed E-state index contributed by atoms with van der Waals surface area (Å²) >= 11 is 0. The van der Waals surface area contributed by atoms with Crippen LogP contribution in [0.5, 0.6) is 17.2 Å². The van der Waals surface area contributed by atoms with E-state index in [-0.39, 0.29) is 12.3 Å². The molecule has 2 aromatic carbocycles. The van der Waals surface area contributed by atoms with Crippen LogP contribution in [-0.4, -0.2) is 43.0 Å². The van der Waals surface area contributed by atoms with Gasteiger partial charge < -0.3 is 30.3 Å². The maximum Gasteiger partial charge on any atom is 0.405 e. The predicted octanol–water partition coefficient (Wildman–Crippen LogP) is 4.29. The monoisotopic (exact) mass is 440 g/mol.